The quantitative estimate of drug-likeness (QED) is 0.494. The van der Waals surface area contributed by atoms with E-state index in [-0.39, 0.29) is 17.9 Å². The van der Waals surface area contributed by atoms with E-state index < -0.39 is 5.54 Å². The van der Waals surface area contributed by atoms with E-state index in [0.717, 1.165) is 48.2 Å². The maximum absolute atomic E-state index is 14.1. The molecule has 5 rings (SSSR count). The van der Waals surface area contributed by atoms with Gasteiger partial charge in [-0.05, 0) is 55.9 Å². The molecule has 2 aromatic carbocycles. The van der Waals surface area contributed by atoms with Crippen molar-refractivity contribution in [3.05, 3.63) is 71.4 Å². The summed E-state index contributed by atoms with van der Waals surface area (Å²) in [4.78, 5) is 29.6. The van der Waals surface area contributed by atoms with Crippen LogP contribution in [0.2, 0.25) is 0 Å². The monoisotopic (exact) mass is 484 g/mol. The van der Waals surface area contributed by atoms with Crippen LogP contribution in [0.25, 0.3) is 11.3 Å². The fourth-order valence-electron chi connectivity index (χ4n) is 5.54. The van der Waals surface area contributed by atoms with E-state index in [1.54, 1.807) is 9.58 Å². The topological polar surface area (TPSA) is 67.2 Å². The Labute approximate surface area is 213 Å². The maximum Gasteiger partial charge on any atom is 0.277 e. The highest BCUT2D eigenvalue weighted by Gasteiger charge is 2.49. The lowest BCUT2D eigenvalue weighted by Crippen LogP contribution is -2.65. The standard InChI is InChI=1S/C30H36N4O2/c1-20(2)22-14-16-23(17-15-22)25-18-27-28(35)34(26-13-9-8-10-21(26)3)30(4,19-33(27)32-25)29(36)31-24-11-6-5-7-12-24/h8-10,13-18,20,24H,5-7,11-12,19H2,1-4H3,(H,31,36)/t30-/m0/s1. The molecule has 1 atom stereocenters. The van der Waals surface area contributed by atoms with Gasteiger partial charge in [0.25, 0.3) is 5.91 Å². The van der Waals surface area contributed by atoms with E-state index in [1.807, 2.05) is 44.2 Å². The third-order valence-corrected chi connectivity index (χ3v) is 7.81. The number of amides is 2. The van der Waals surface area contributed by atoms with Gasteiger partial charge in [-0.2, -0.15) is 5.10 Å². The van der Waals surface area contributed by atoms with Crippen molar-refractivity contribution in [3.8, 4) is 11.3 Å². The molecule has 2 amide bonds. The van der Waals surface area contributed by atoms with Gasteiger partial charge in [-0.3, -0.25) is 19.2 Å². The van der Waals surface area contributed by atoms with Crippen LogP contribution in [0.5, 0.6) is 0 Å². The summed E-state index contributed by atoms with van der Waals surface area (Å²) in [5, 5.41) is 8.09. The number of nitrogens with one attached hydrogen (secondary N) is 1. The van der Waals surface area contributed by atoms with Gasteiger partial charge < -0.3 is 5.32 Å². The molecule has 0 spiro atoms. The highest BCUT2D eigenvalue weighted by Crippen LogP contribution is 2.36. The van der Waals surface area contributed by atoms with E-state index in [2.05, 4.69) is 43.4 Å². The molecule has 1 aliphatic heterocycles. The van der Waals surface area contributed by atoms with Gasteiger partial charge in [0.1, 0.15) is 11.2 Å². The molecule has 2 aliphatic rings. The van der Waals surface area contributed by atoms with Crippen LogP contribution in [0.3, 0.4) is 0 Å². The lowest BCUT2D eigenvalue weighted by atomic mass is 9.90. The number of rotatable bonds is 5. The van der Waals surface area contributed by atoms with Gasteiger partial charge in [-0.15, -0.1) is 0 Å². The van der Waals surface area contributed by atoms with Crippen molar-refractivity contribution in [2.45, 2.75) is 83.8 Å². The molecule has 3 aromatic rings. The number of nitrogens with zero attached hydrogens (tertiary/aromatic N) is 3. The molecule has 1 fully saturated rings. The minimum absolute atomic E-state index is 0.116. The fraction of sp³-hybridized carbons (Fsp3) is 0.433. The van der Waals surface area contributed by atoms with Crippen LogP contribution in [0, 0.1) is 6.92 Å². The van der Waals surface area contributed by atoms with Crippen molar-refractivity contribution >= 4 is 17.5 Å². The average molecular weight is 485 g/mol. The molecule has 2 heterocycles. The lowest BCUT2D eigenvalue weighted by molar-refractivity contribution is -0.127. The summed E-state index contributed by atoms with van der Waals surface area (Å²) in [6, 6.07) is 18.1. The Hall–Kier alpha value is -3.41. The SMILES string of the molecule is Cc1ccccc1N1C(=O)c2cc(-c3ccc(C(C)C)cc3)nn2C[C@@]1(C)C(=O)NC1CCCCC1. The number of benzene rings is 2. The third-order valence-electron chi connectivity index (χ3n) is 7.81. The molecule has 1 aromatic heterocycles. The maximum atomic E-state index is 14.1. The molecular formula is C30H36N4O2. The highest BCUT2D eigenvalue weighted by molar-refractivity contribution is 6.12. The van der Waals surface area contributed by atoms with Gasteiger partial charge in [-0.1, -0.05) is 75.6 Å². The predicted octanol–water partition coefficient (Wildman–Crippen LogP) is 5.85. The number of carbonyl (C=O) groups excluding carboxylic acids is 2. The van der Waals surface area contributed by atoms with Crippen LogP contribution >= 0.6 is 0 Å². The zero-order chi connectivity index (χ0) is 25.4. The number of anilines is 1. The van der Waals surface area contributed by atoms with Crippen LogP contribution in [-0.2, 0) is 11.3 Å². The zero-order valence-electron chi connectivity index (χ0n) is 21.8. The Morgan fingerprint density at radius 3 is 2.42 bits per heavy atom. The first-order valence-electron chi connectivity index (χ1n) is 13.2. The van der Waals surface area contributed by atoms with Gasteiger partial charge >= 0.3 is 0 Å². The smallest absolute Gasteiger partial charge is 0.277 e. The van der Waals surface area contributed by atoms with Crippen molar-refractivity contribution in [1.29, 1.82) is 0 Å². The zero-order valence-corrected chi connectivity index (χ0v) is 21.8. The Bertz CT molecular complexity index is 1270. The van der Waals surface area contributed by atoms with Gasteiger partial charge in [0.05, 0.1) is 12.2 Å². The van der Waals surface area contributed by atoms with Crippen molar-refractivity contribution in [1.82, 2.24) is 15.1 Å². The molecule has 0 unspecified atom stereocenters. The molecule has 1 N–H and O–H groups in total. The average Bonchev–Trinajstić information content (AvgIpc) is 3.30. The van der Waals surface area contributed by atoms with Gasteiger partial charge in [0.2, 0.25) is 5.91 Å². The molecule has 0 saturated heterocycles. The van der Waals surface area contributed by atoms with Gasteiger partial charge in [0.15, 0.2) is 0 Å². The molecule has 6 heteroatoms. The summed E-state index contributed by atoms with van der Waals surface area (Å²) < 4.78 is 1.73. The number of carbonyl (C=O) groups is 2. The molecule has 6 nitrogen and oxygen atoms in total. The van der Waals surface area contributed by atoms with E-state index in [1.165, 1.54) is 12.0 Å². The second-order valence-corrected chi connectivity index (χ2v) is 10.9. The molecule has 188 valence electrons. The Kier molecular flexibility index (Phi) is 6.45. The van der Waals surface area contributed by atoms with Crippen molar-refractivity contribution < 1.29 is 9.59 Å². The largest absolute Gasteiger partial charge is 0.351 e. The predicted molar refractivity (Wildman–Crippen MR) is 143 cm³/mol. The normalized spacial score (nSPS) is 20.5. The van der Waals surface area contributed by atoms with Crippen LogP contribution in [0.1, 0.15) is 80.4 Å². The van der Waals surface area contributed by atoms with Crippen LogP contribution in [0.4, 0.5) is 5.69 Å². The van der Waals surface area contributed by atoms with Crippen molar-refractivity contribution in [2.24, 2.45) is 0 Å². The lowest BCUT2D eigenvalue weighted by Gasteiger charge is -2.44. The van der Waals surface area contributed by atoms with Gasteiger partial charge in [-0.25, -0.2) is 0 Å². The number of aryl methyl sites for hydroxylation is 1. The minimum Gasteiger partial charge on any atom is -0.351 e. The second kappa shape index (κ2) is 9.57. The van der Waals surface area contributed by atoms with E-state index in [0.29, 0.717) is 18.2 Å². The molecule has 1 saturated carbocycles. The van der Waals surface area contributed by atoms with E-state index >= 15 is 0 Å². The number of fused-ring (bicyclic) bond motifs is 1. The number of para-hydroxylation sites is 1. The molecule has 1 aliphatic carbocycles. The van der Waals surface area contributed by atoms with E-state index in [9.17, 15) is 9.59 Å². The first kappa shape index (κ1) is 24.3. The van der Waals surface area contributed by atoms with Crippen LogP contribution in [0.15, 0.2) is 54.6 Å². The molecular weight excluding hydrogens is 448 g/mol. The molecule has 0 radical (unpaired) electrons. The van der Waals surface area contributed by atoms with Crippen LogP contribution < -0.4 is 10.2 Å². The summed E-state index contributed by atoms with van der Waals surface area (Å²) >= 11 is 0. The van der Waals surface area contributed by atoms with Crippen molar-refractivity contribution in [3.63, 3.8) is 0 Å². The van der Waals surface area contributed by atoms with Crippen LogP contribution in [-0.4, -0.2) is 33.2 Å². The Morgan fingerprint density at radius 1 is 1.06 bits per heavy atom. The van der Waals surface area contributed by atoms with Crippen molar-refractivity contribution in [2.75, 3.05) is 4.90 Å². The summed E-state index contributed by atoms with van der Waals surface area (Å²) in [5.74, 6) is 0.131. The minimum atomic E-state index is -1.10. The summed E-state index contributed by atoms with van der Waals surface area (Å²) in [6.45, 7) is 8.49. The summed E-state index contributed by atoms with van der Waals surface area (Å²) in [6.07, 6.45) is 5.46. The first-order chi connectivity index (χ1) is 17.3. The molecule has 0 bridgehead atoms. The number of aromatic nitrogens is 2. The fourth-order valence-corrected chi connectivity index (χ4v) is 5.54. The highest BCUT2D eigenvalue weighted by atomic mass is 16.2. The summed E-state index contributed by atoms with van der Waals surface area (Å²) in [7, 11) is 0. The summed E-state index contributed by atoms with van der Waals surface area (Å²) in [5.41, 5.74) is 4.10. The first-order valence-corrected chi connectivity index (χ1v) is 13.2. The van der Waals surface area contributed by atoms with E-state index in [4.69, 9.17) is 5.10 Å². The Morgan fingerprint density at radius 2 is 1.75 bits per heavy atom. The van der Waals surface area contributed by atoms with Gasteiger partial charge in [0, 0.05) is 17.3 Å². The second-order valence-electron chi connectivity index (χ2n) is 10.9. The number of hydrogen-bond donors (Lipinski definition) is 1. The molecule has 36 heavy (non-hydrogen) atoms. The third kappa shape index (κ3) is 4.34. The number of hydrogen-bond acceptors (Lipinski definition) is 3. The Balaban J connectivity index is 1.55.